The number of fused-ring (bicyclic) bond motifs is 1. The molecule has 1 aliphatic heterocycles. The largest absolute Gasteiger partial charge is 0.370 e. The van der Waals surface area contributed by atoms with Crippen molar-refractivity contribution in [3.63, 3.8) is 0 Å². The molecular formula is C20H25ClN2O2S. The number of hydrogen-bond acceptors (Lipinski definition) is 4. The van der Waals surface area contributed by atoms with E-state index in [9.17, 15) is 4.79 Å². The van der Waals surface area contributed by atoms with Crippen molar-refractivity contribution in [2.75, 3.05) is 19.7 Å². The van der Waals surface area contributed by atoms with Crippen LogP contribution in [-0.2, 0) is 16.1 Å². The van der Waals surface area contributed by atoms with Gasteiger partial charge in [0.25, 0.3) is 0 Å². The highest BCUT2D eigenvalue weighted by Gasteiger charge is 2.45. The lowest BCUT2D eigenvalue weighted by atomic mass is 9.78. The summed E-state index contributed by atoms with van der Waals surface area (Å²) in [5, 5.41) is 7.44. The number of nitrogens with one attached hydrogen (secondary N) is 1. The second kappa shape index (κ2) is 7.47. The minimum atomic E-state index is -0.244. The Morgan fingerprint density at radius 1 is 1.46 bits per heavy atom. The second-order valence-corrected chi connectivity index (χ2v) is 8.87. The van der Waals surface area contributed by atoms with E-state index in [0.29, 0.717) is 0 Å². The van der Waals surface area contributed by atoms with Gasteiger partial charge >= 0.3 is 0 Å². The van der Waals surface area contributed by atoms with E-state index >= 15 is 0 Å². The van der Waals surface area contributed by atoms with Gasteiger partial charge in [-0.25, -0.2) is 0 Å². The molecule has 1 aromatic heterocycles. The molecule has 1 aromatic carbocycles. The average Bonchev–Trinajstić information content (AvgIpc) is 2.99. The van der Waals surface area contributed by atoms with Gasteiger partial charge in [0.05, 0.1) is 12.6 Å². The molecule has 2 heterocycles. The zero-order valence-corrected chi connectivity index (χ0v) is 16.7. The van der Waals surface area contributed by atoms with Crippen molar-refractivity contribution in [1.82, 2.24) is 10.2 Å². The van der Waals surface area contributed by atoms with Crippen LogP contribution in [-0.4, -0.2) is 42.1 Å². The van der Waals surface area contributed by atoms with E-state index in [4.69, 9.17) is 16.3 Å². The van der Waals surface area contributed by atoms with E-state index in [2.05, 4.69) is 27.7 Å². The summed E-state index contributed by atoms with van der Waals surface area (Å²) >= 11 is 7.98. The lowest BCUT2D eigenvalue weighted by Crippen LogP contribution is -2.63. The number of amides is 1. The zero-order valence-electron chi connectivity index (χ0n) is 15.1. The summed E-state index contributed by atoms with van der Waals surface area (Å²) in [7, 11) is 0. The highest BCUT2D eigenvalue weighted by atomic mass is 35.5. The first-order chi connectivity index (χ1) is 12.6. The summed E-state index contributed by atoms with van der Waals surface area (Å²) in [6.45, 7) is 5.02. The maximum absolute atomic E-state index is 11.7. The summed E-state index contributed by atoms with van der Waals surface area (Å²) in [6, 6.07) is 6.24. The van der Waals surface area contributed by atoms with Crippen LogP contribution >= 0.6 is 22.9 Å². The summed E-state index contributed by atoms with van der Waals surface area (Å²) in [4.78, 5) is 14.1. The smallest absolute Gasteiger partial charge is 0.217 e. The molecule has 1 saturated carbocycles. The van der Waals surface area contributed by atoms with Crippen molar-refractivity contribution >= 4 is 38.9 Å². The van der Waals surface area contributed by atoms with E-state index in [1.165, 1.54) is 22.1 Å². The number of nitrogens with zero attached hydrogens (tertiary/aromatic N) is 1. The number of benzene rings is 1. The second-order valence-electron chi connectivity index (χ2n) is 7.52. The molecule has 140 valence electrons. The Balaban J connectivity index is 1.54. The van der Waals surface area contributed by atoms with Gasteiger partial charge in [-0.1, -0.05) is 24.4 Å². The molecule has 2 aromatic rings. The highest BCUT2D eigenvalue weighted by Crippen LogP contribution is 2.36. The Labute approximate surface area is 163 Å². The summed E-state index contributed by atoms with van der Waals surface area (Å²) < 4.78 is 7.58. The monoisotopic (exact) mass is 392 g/mol. The normalized spacial score (nSPS) is 27.1. The zero-order chi connectivity index (χ0) is 18.1. The Morgan fingerprint density at radius 3 is 3.19 bits per heavy atom. The van der Waals surface area contributed by atoms with Crippen LogP contribution in [0.5, 0.6) is 0 Å². The Kier molecular flexibility index (Phi) is 5.24. The van der Waals surface area contributed by atoms with Gasteiger partial charge in [-0.05, 0) is 47.4 Å². The van der Waals surface area contributed by atoms with E-state index < -0.39 is 0 Å². The first-order valence-electron chi connectivity index (χ1n) is 9.35. The number of morpholine rings is 1. The number of ether oxygens (including phenoxy) is 1. The van der Waals surface area contributed by atoms with Gasteiger partial charge in [0.1, 0.15) is 5.60 Å². The summed E-state index contributed by atoms with van der Waals surface area (Å²) in [6.07, 6.45) is 4.35. The number of halogens is 1. The van der Waals surface area contributed by atoms with Gasteiger partial charge in [-0.2, -0.15) is 0 Å². The van der Waals surface area contributed by atoms with Gasteiger partial charge in [0.2, 0.25) is 5.91 Å². The van der Waals surface area contributed by atoms with E-state index in [1.54, 1.807) is 18.3 Å². The van der Waals surface area contributed by atoms with Crippen molar-refractivity contribution in [1.29, 1.82) is 0 Å². The standard InChI is InChI=1S/C20H25ClN2O2S/c1-14(24)22-19-4-2-3-7-20(19)13-23(8-9-25-20)11-15-12-26-18-6-5-16(21)10-17(15)18/h5-6,10,12,19H,2-4,7-9,11,13H2,1H3,(H,22,24)/t19-,20+/m0/s1. The molecule has 1 amide bonds. The highest BCUT2D eigenvalue weighted by molar-refractivity contribution is 7.17. The molecule has 0 radical (unpaired) electrons. The van der Waals surface area contributed by atoms with Crippen LogP contribution in [0.1, 0.15) is 38.2 Å². The fraction of sp³-hybridized carbons (Fsp3) is 0.550. The van der Waals surface area contributed by atoms with Gasteiger partial charge in [-0.15, -0.1) is 11.3 Å². The van der Waals surface area contributed by atoms with Gasteiger partial charge in [-0.3, -0.25) is 9.69 Å². The number of hydrogen-bond donors (Lipinski definition) is 1. The van der Waals surface area contributed by atoms with Crippen LogP contribution in [0, 0.1) is 0 Å². The van der Waals surface area contributed by atoms with Crippen LogP contribution < -0.4 is 5.32 Å². The molecule has 2 aliphatic rings. The van der Waals surface area contributed by atoms with Crippen molar-refractivity contribution in [3.8, 4) is 0 Å². The van der Waals surface area contributed by atoms with Gasteiger partial charge in [0, 0.05) is 36.3 Å². The maximum atomic E-state index is 11.7. The van der Waals surface area contributed by atoms with Gasteiger partial charge in [0.15, 0.2) is 0 Å². The third kappa shape index (κ3) is 3.63. The predicted octanol–water partition coefficient (Wildman–Crippen LogP) is 4.20. The third-order valence-corrected chi connectivity index (χ3v) is 6.90. The fourth-order valence-corrected chi connectivity index (χ4v) is 5.56. The van der Waals surface area contributed by atoms with Crippen LogP contribution in [0.3, 0.4) is 0 Å². The molecule has 26 heavy (non-hydrogen) atoms. The molecule has 4 rings (SSSR count). The summed E-state index contributed by atoms with van der Waals surface area (Å²) in [5.74, 6) is 0.0375. The number of carbonyl (C=O) groups excluding carboxylic acids is 1. The van der Waals surface area contributed by atoms with Crippen LogP contribution in [0.2, 0.25) is 5.02 Å². The molecule has 0 unspecified atom stereocenters. The molecule has 2 fully saturated rings. The van der Waals surface area contributed by atoms with Crippen molar-refractivity contribution in [3.05, 3.63) is 34.2 Å². The topological polar surface area (TPSA) is 41.6 Å². The van der Waals surface area contributed by atoms with Crippen molar-refractivity contribution in [2.24, 2.45) is 0 Å². The minimum absolute atomic E-state index is 0.0375. The van der Waals surface area contributed by atoms with Crippen molar-refractivity contribution < 1.29 is 9.53 Å². The first kappa shape index (κ1) is 18.2. The molecular weight excluding hydrogens is 368 g/mol. The molecule has 2 atom stereocenters. The Bertz CT molecular complexity index is 804. The Hall–Kier alpha value is -1.14. The van der Waals surface area contributed by atoms with E-state index in [-0.39, 0.29) is 17.6 Å². The SMILES string of the molecule is CC(=O)N[C@H]1CCCC[C@@]12CN(Cc1csc3ccc(Cl)cc13)CCO2. The molecule has 0 bridgehead atoms. The van der Waals surface area contributed by atoms with Crippen LogP contribution in [0.25, 0.3) is 10.1 Å². The molecule has 6 heteroatoms. The molecule has 1 aliphatic carbocycles. The number of carbonyl (C=O) groups is 1. The molecule has 1 saturated heterocycles. The van der Waals surface area contributed by atoms with E-state index in [0.717, 1.165) is 50.5 Å². The van der Waals surface area contributed by atoms with Crippen molar-refractivity contribution in [2.45, 2.75) is 50.8 Å². The average molecular weight is 393 g/mol. The first-order valence-corrected chi connectivity index (χ1v) is 10.6. The molecule has 1 spiro atoms. The Morgan fingerprint density at radius 2 is 2.35 bits per heavy atom. The van der Waals surface area contributed by atoms with Crippen LogP contribution in [0.4, 0.5) is 0 Å². The third-order valence-electron chi connectivity index (χ3n) is 5.65. The molecule has 4 nitrogen and oxygen atoms in total. The van der Waals surface area contributed by atoms with E-state index in [1.807, 2.05) is 6.07 Å². The molecule has 1 N–H and O–H groups in total. The van der Waals surface area contributed by atoms with Gasteiger partial charge < -0.3 is 10.1 Å². The lowest BCUT2D eigenvalue weighted by molar-refractivity contribution is -0.150. The maximum Gasteiger partial charge on any atom is 0.217 e. The summed E-state index contributed by atoms with van der Waals surface area (Å²) in [5.41, 5.74) is 1.09. The lowest BCUT2D eigenvalue weighted by Gasteiger charge is -2.49. The number of thiophene rings is 1. The fourth-order valence-electron chi connectivity index (χ4n) is 4.45. The predicted molar refractivity (Wildman–Crippen MR) is 107 cm³/mol. The number of rotatable bonds is 3. The quantitative estimate of drug-likeness (QED) is 0.850. The minimum Gasteiger partial charge on any atom is -0.370 e. The van der Waals surface area contributed by atoms with Crippen LogP contribution in [0.15, 0.2) is 23.6 Å².